The molecule has 0 atom stereocenters. The third-order valence-corrected chi connectivity index (χ3v) is 6.32. The number of carbonyl (C=O) groups is 2. The highest BCUT2D eigenvalue weighted by atomic mass is 32.1. The Balaban J connectivity index is 1.37. The SMILES string of the molecule is Cc1ccc(CCCC(=O)N2CCN(C(=O)C3CCCC3)CC2)s1. The summed E-state index contributed by atoms with van der Waals surface area (Å²) in [6.45, 7) is 4.95. The summed E-state index contributed by atoms with van der Waals surface area (Å²) >= 11 is 1.82. The van der Waals surface area contributed by atoms with E-state index in [1.807, 2.05) is 21.1 Å². The Morgan fingerprint density at radius 1 is 1.08 bits per heavy atom. The van der Waals surface area contributed by atoms with Gasteiger partial charge in [0, 0.05) is 48.3 Å². The van der Waals surface area contributed by atoms with Crippen LogP contribution in [0.3, 0.4) is 0 Å². The fourth-order valence-corrected chi connectivity index (χ4v) is 4.73. The third kappa shape index (κ3) is 4.38. The molecule has 1 aliphatic carbocycles. The fraction of sp³-hybridized carbons (Fsp3) is 0.684. The summed E-state index contributed by atoms with van der Waals surface area (Å²) < 4.78 is 0. The Hall–Kier alpha value is -1.36. The summed E-state index contributed by atoms with van der Waals surface area (Å²) in [5, 5.41) is 0. The van der Waals surface area contributed by atoms with Crippen molar-refractivity contribution in [3.8, 4) is 0 Å². The first-order valence-electron chi connectivity index (χ1n) is 9.25. The molecule has 0 aromatic carbocycles. The maximum Gasteiger partial charge on any atom is 0.225 e. The molecule has 2 amide bonds. The fourth-order valence-electron chi connectivity index (χ4n) is 3.80. The van der Waals surface area contributed by atoms with Crippen molar-refractivity contribution in [2.45, 2.75) is 51.9 Å². The average molecular weight is 349 g/mol. The first-order chi connectivity index (χ1) is 11.6. The van der Waals surface area contributed by atoms with Crippen molar-refractivity contribution in [1.82, 2.24) is 9.80 Å². The molecule has 1 aliphatic heterocycles. The molecule has 1 aromatic heterocycles. The van der Waals surface area contributed by atoms with E-state index in [0.717, 1.165) is 25.7 Å². The van der Waals surface area contributed by atoms with E-state index in [4.69, 9.17) is 0 Å². The zero-order valence-electron chi connectivity index (χ0n) is 14.6. The minimum atomic E-state index is 0.247. The van der Waals surface area contributed by atoms with Crippen LogP contribution >= 0.6 is 11.3 Å². The Morgan fingerprint density at radius 3 is 2.38 bits per heavy atom. The van der Waals surface area contributed by atoms with E-state index >= 15 is 0 Å². The predicted molar refractivity (Wildman–Crippen MR) is 97.1 cm³/mol. The smallest absolute Gasteiger partial charge is 0.225 e. The highest BCUT2D eigenvalue weighted by Crippen LogP contribution is 2.27. The number of amides is 2. The molecule has 4 nitrogen and oxygen atoms in total. The van der Waals surface area contributed by atoms with E-state index in [1.54, 1.807) is 0 Å². The number of thiophene rings is 1. The van der Waals surface area contributed by atoms with Gasteiger partial charge in [-0.05, 0) is 44.7 Å². The lowest BCUT2D eigenvalue weighted by Gasteiger charge is -2.36. The second-order valence-corrected chi connectivity index (χ2v) is 8.43. The summed E-state index contributed by atoms with van der Waals surface area (Å²) in [4.78, 5) is 31.4. The van der Waals surface area contributed by atoms with Crippen LogP contribution in [0, 0.1) is 12.8 Å². The molecule has 1 aromatic rings. The molecule has 2 aliphatic rings. The van der Waals surface area contributed by atoms with Gasteiger partial charge in [-0.15, -0.1) is 11.3 Å². The van der Waals surface area contributed by atoms with Gasteiger partial charge in [-0.25, -0.2) is 0 Å². The van der Waals surface area contributed by atoms with Gasteiger partial charge < -0.3 is 9.80 Å². The van der Waals surface area contributed by atoms with Crippen molar-refractivity contribution >= 4 is 23.2 Å². The summed E-state index contributed by atoms with van der Waals surface area (Å²) in [5.74, 6) is 0.824. The summed E-state index contributed by atoms with van der Waals surface area (Å²) in [7, 11) is 0. The van der Waals surface area contributed by atoms with Crippen LogP contribution in [0.25, 0.3) is 0 Å². The first-order valence-corrected chi connectivity index (χ1v) is 10.1. The van der Waals surface area contributed by atoms with Crippen molar-refractivity contribution in [3.05, 3.63) is 21.9 Å². The Labute approximate surface area is 148 Å². The molecular formula is C19H28N2O2S. The van der Waals surface area contributed by atoms with E-state index in [9.17, 15) is 9.59 Å². The second-order valence-electron chi connectivity index (χ2n) is 7.05. The van der Waals surface area contributed by atoms with Gasteiger partial charge in [0.2, 0.25) is 11.8 Å². The second kappa shape index (κ2) is 8.15. The van der Waals surface area contributed by atoms with Crippen LogP contribution in [-0.2, 0) is 16.0 Å². The van der Waals surface area contributed by atoms with Gasteiger partial charge in [-0.2, -0.15) is 0 Å². The van der Waals surface area contributed by atoms with E-state index in [1.165, 1.54) is 22.6 Å². The molecule has 0 N–H and O–H groups in total. The largest absolute Gasteiger partial charge is 0.339 e. The molecule has 1 saturated carbocycles. The minimum absolute atomic E-state index is 0.247. The van der Waals surface area contributed by atoms with Gasteiger partial charge in [0.25, 0.3) is 0 Å². The molecule has 3 rings (SSSR count). The molecule has 1 saturated heterocycles. The molecule has 0 radical (unpaired) electrons. The van der Waals surface area contributed by atoms with Gasteiger partial charge in [-0.3, -0.25) is 9.59 Å². The number of hydrogen-bond donors (Lipinski definition) is 0. The monoisotopic (exact) mass is 348 g/mol. The zero-order chi connectivity index (χ0) is 16.9. The molecule has 0 bridgehead atoms. The molecule has 24 heavy (non-hydrogen) atoms. The normalized spacial score (nSPS) is 19.0. The van der Waals surface area contributed by atoms with Crippen molar-refractivity contribution < 1.29 is 9.59 Å². The number of piperazine rings is 1. The van der Waals surface area contributed by atoms with E-state index in [0.29, 0.717) is 38.5 Å². The van der Waals surface area contributed by atoms with Gasteiger partial charge in [-0.1, -0.05) is 12.8 Å². The Bertz CT molecular complexity index is 570. The van der Waals surface area contributed by atoms with Gasteiger partial charge >= 0.3 is 0 Å². The first kappa shape index (κ1) is 17.5. The van der Waals surface area contributed by atoms with Crippen LogP contribution in [-0.4, -0.2) is 47.8 Å². The number of carbonyl (C=O) groups excluding carboxylic acids is 2. The molecule has 2 fully saturated rings. The van der Waals surface area contributed by atoms with E-state index in [-0.39, 0.29) is 11.8 Å². The lowest BCUT2D eigenvalue weighted by atomic mass is 10.1. The van der Waals surface area contributed by atoms with Crippen molar-refractivity contribution in [3.63, 3.8) is 0 Å². The molecule has 5 heteroatoms. The summed E-state index contributed by atoms with van der Waals surface area (Å²) in [5.41, 5.74) is 0. The van der Waals surface area contributed by atoms with Crippen molar-refractivity contribution in [2.75, 3.05) is 26.2 Å². The maximum absolute atomic E-state index is 12.4. The highest BCUT2D eigenvalue weighted by Gasteiger charge is 2.30. The van der Waals surface area contributed by atoms with E-state index in [2.05, 4.69) is 19.1 Å². The molecule has 0 unspecified atom stereocenters. The standard InChI is InChI=1S/C19H28N2O2S/c1-15-9-10-17(24-15)7-4-8-18(22)20-11-13-21(14-12-20)19(23)16-5-2-3-6-16/h9-10,16H,2-8,11-14H2,1H3. The maximum atomic E-state index is 12.4. The molecule has 132 valence electrons. The predicted octanol–water partition coefficient (Wildman–Crippen LogP) is 3.24. The molecule has 0 spiro atoms. The van der Waals surface area contributed by atoms with Crippen LogP contribution in [0.5, 0.6) is 0 Å². The lowest BCUT2D eigenvalue weighted by Crippen LogP contribution is -2.51. The lowest BCUT2D eigenvalue weighted by molar-refractivity contribution is -0.142. The number of aryl methyl sites for hydroxylation is 2. The van der Waals surface area contributed by atoms with Crippen LogP contribution in [0.15, 0.2) is 12.1 Å². The number of rotatable bonds is 5. The van der Waals surface area contributed by atoms with Crippen molar-refractivity contribution in [2.24, 2.45) is 5.92 Å². The van der Waals surface area contributed by atoms with Crippen molar-refractivity contribution in [1.29, 1.82) is 0 Å². The van der Waals surface area contributed by atoms with Crippen LogP contribution in [0.4, 0.5) is 0 Å². The van der Waals surface area contributed by atoms with Gasteiger partial charge in [0.05, 0.1) is 0 Å². The Morgan fingerprint density at radius 2 is 1.75 bits per heavy atom. The van der Waals surface area contributed by atoms with Crippen LogP contribution < -0.4 is 0 Å². The average Bonchev–Trinajstić information content (AvgIpc) is 3.26. The quantitative estimate of drug-likeness (QED) is 0.820. The topological polar surface area (TPSA) is 40.6 Å². The minimum Gasteiger partial charge on any atom is -0.339 e. The van der Waals surface area contributed by atoms with E-state index < -0.39 is 0 Å². The number of hydrogen-bond acceptors (Lipinski definition) is 3. The third-order valence-electron chi connectivity index (χ3n) is 5.26. The number of nitrogens with zero attached hydrogens (tertiary/aromatic N) is 2. The zero-order valence-corrected chi connectivity index (χ0v) is 15.4. The molecular weight excluding hydrogens is 320 g/mol. The summed E-state index contributed by atoms with van der Waals surface area (Å²) in [6.07, 6.45) is 7.02. The molecule has 2 heterocycles. The van der Waals surface area contributed by atoms with Crippen LogP contribution in [0.2, 0.25) is 0 Å². The summed E-state index contributed by atoms with van der Waals surface area (Å²) in [6, 6.07) is 4.31. The highest BCUT2D eigenvalue weighted by molar-refractivity contribution is 7.11. The van der Waals surface area contributed by atoms with Gasteiger partial charge in [0.15, 0.2) is 0 Å². The van der Waals surface area contributed by atoms with Crippen LogP contribution in [0.1, 0.15) is 48.3 Å². The Kier molecular flexibility index (Phi) is 5.93. The van der Waals surface area contributed by atoms with Gasteiger partial charge in [0.1, 0.15) is 0 Å².